The highest BCUT2D eigenvalue weighted by Crippen LogP contribution is 2.25. The number of ether oxygens (including phenoxy) is 2. The number of rotatable bonds is 10. The third-order valence-corrected chi connectivity index (χ3v) is 4.65. The molecule has 0 saturated heterocycles. The van der Waals surface area contributed by atoms with E-state index in [1.807, 2.05) is 42.5 Å². The van der Waals surface area contributed by atoms with Gasteiger partial charge in [-0.3, -0.25) is 0 Å². The first-order valence-corrected chi connectivity index (χ1v) is 9.87. The van der Waals surface area contributed by atoms with E-state index in [0.717, 1.165) is 47.1 Å². The normalized spacial score (nSPS) is 10.6. The number of para-hydroxylation sites is 1. The van der Waals surface area contributed by atoms with E-state index in [2.05, 4.69) is 24.5 Å². The molecule has 0 radical (unpaired) electrons. The molecule has 0 fully saturated rings. The standard InChI is InChI=1S/C23H32N2O3/c1-17(2)9-5-6-10-18-15-20(13-14-22(18)28-4)25-23(26)24-16-19-11-7-8-12-21(19)27-3/h7-8,11-15,17H,5-6,9-10,16H2,1-4H3,(H2,24,25,26). The predicted molar refractivity (Wildman–Crippen MR) is 114 cm³/mol. The Hall–Kier alpha value is -2.69. The van der Waals surface area contributed by atoms with Gasteiger partial charge in [-0.1, -0.05) is 44.9 Å². The molecule has 2 rings (SSSR count). The summed E-state index contributed by atoms with van der Waals surface area (Å²) in [5, 5.41) is 5.78. The van der Waals surface area contributed by atoms with Crippen molar-refractivity contribution in [3.05, 3.63) is 53.6 Å². The van der Waals surface area contributed by atoms with Gasteiger partial charge in [-0.05, 0) is 48.6 Å². The molecule has 2 aromatic rings. The fourth-order valence-corrected chi connectivity index (χ4v) is 3.12. The smallest absolute Gasteiger partial charge is 0.319 e. The van der Waals surface area contributed by atoms with E-state index in [-0.39, 0.29) is 6.03 Å². The van der Waals surface area contributed by atoms with Gasteiger partial charge >= 0.3 is 6.03 Å². The second kappa shape index (κ2) is 11.2. The number of amides is 2. The third kappa shape index (κ3) is 6.80. The Morgan fingerprint density at radius 3 is 2.39 bits per heavy atom. The fraction of sp³-hybridized carbons (Fsp3) is 0.435. The van der Waals surface area contributed by atoms with E-state index < -0.39 is 0 Å². The Morgan fingerprint density at radius 1 is 0.964 bits per heavy atom. The molecule has 28 heavy (non-hydrogen) atoms. The summed E-state index contributed by atoms with van der Waals surface area (Å²) < 4.78 is 10.8. The lowest BCUT2D eigenvalue weighted by atomic mass is 10.0. The van der Waals surface area contributed by atoms with Gasteiger partial charge in [0.15, 0.2) is 0 Å². The summed E-state index contributed by atoms with van der Waals surface area (Å²) in [5.74, 6) is 2.35. The highest BCUT2D eigenvalue weighted by Gasteiger charge is 2.09. The first-order valence-electron chi connectivity index (χ1n) is 9.87. The molecule has 0 aromatic heterocycles. The van der Waals surface area contributed by atoms with Crippen molar-refractivity contribution < 1.29 is 14.3 Å². The summed E-state index contributed by atoms with van der Waals surface area (Å²) in [7, 11) is 3.30. The van der Waals surface area contributed by atoms with Crippen LogP contribution in [0.25, 0.3) is 0 Å². The van der Waals surface area contributed by atoms with Crippen LogP contribution in [-0.2, 0) is 13.0 Å². The molecule has 0 bridgehead atoms. The lowest BCUT2D eigenvalue weighted by molar-refractivity contribution is 0.251. The number of urea groups is 1. The maximum absolute atomic E-state index is 12.3. The zero-order valence-corrected chi connectivity index (χ0v) is 17.4. The highest BCUT2D eigenvalue weighted by molar-refractivity contribution is 5.89. The Balaban J connectivity index is 1.93. The van der Waals surface area contributed by atoms with Crippen molar-refractivity contribution in [1.29, 1.82) is 0 Å². The average Bonchev–Trinajstić information content (AvgIpc) is 2.70. The Morgan fingerprint density at radius 2 is 1.68 bits per heavy atom. The van der Waals surface area contributed by atoms with E-state index in [0.29, 0.717) is 6.54 Å². The predicted octanol–water partition coefficient (Wildman–Crippen LogP) is 5.39. The maximum Gasteiger partial charge on any atom is 0.319 e. The van der Waals surface area contributed by atoms with Crippen LogP contribution < -0.4 is 20.1 Å². The second-order valence-electron chi connectivity index (χ2n) is 7.29. The van der Waals surface area contributed by atoms with Gasteiger partial charge in [0.05, 0.1) is 14.2 Å². The number of benzene rings is 2. The van der Waals surface area contributed by atoms with Crippen LogP contribution >= 0.6 is 0 Å². The van der Waals surface area contributed by atoms with E-state index in [9.17, 15) is 4.79 Å². The SMILES string of the molecule is COc1ccc(NC(=O)NCc2ccccc2OC)cc1CCCCC(C)C. The molecule has 5 heteroatoms. The van der Waals surface area contributed by atoms with Crippen LogP contribution in [0.2, 0.25) is 0 Å². The molecule has 0 aliphatic heterocycles. The van der Waals surface area contributed by atoms with E-state index >= 15 is 0 Å². The van der Waals surface area contributed by atoms with Crippen molar-refractivity contribution in [2.24, 2.45) is 5.92 Å². The molecule has 2 aromatic carbocycles. The van der Waals surface area contributed by atoms with Crippen LogP contribution in [0.5, 0.6) is 11.5 Å². The molecule has 0 aliphatic rings. The molecule has 0 atom stereocenters. The van der Waals surface area contributed by atoms with Gasteiger partial charge in [0, 0.05) is 17.8 Å². The van der Waals surface area contributed by atoms with Gasteiger partial charge in [-0.15, -0.1) is 0 Å². The van der Waals surface area contributed by atoms with Gasteiger partial charge in [-0.25, -0.2) is 4.79 Å². The number of unbranched alkanes of at least 4 members (excludes halogenated alkanes) is 1. The number of aryl methyl sites for hydroxylation is 1. The number of anilines is 1. The number of methoxy groups -OCH3 is 2. The van der Waals surface area contributed by atoms with Crippen molar-refractivity contribution in [2.45, 2.75) is 46.1 Å². The number of hydrogen-bond donors (Lipinski definition) is 2. The van der Waals surface area contributed by atoms with Gasteiger partial charge in [-0.2, -0.15) is 0 Å². The van der Waals surface area contributed by atoms with Crippen molar-refractivity contribution in [3.63, 3.8) is 0 Å². The number of carbonyl (C=O) groups is 1. The Bertz CT molecular complexity index is 759. The van der Waals surface area contributed by atoms with E-state index in [4.69, 9.17) is 9.47 Å². The molecule has 2 N–H and O–H groups in total. The fourth-order valence-electron chi connectivity index (χ4n) is 3.12. The zero-order valence-electron chi connectivity index (χ0n) is 17.4. The molecule has 152 valence electrons. The number of hydrogen-bond acceptors (Lipinski definition) is 3. The Kier molecular flexibility index (Phi) is 8.66. The second-order valence-corrected chi connectivity index (χ2v) is 7.29. The summed E-state index contributed by atoms with van der Waals surface area (Å²) in [6.45, 7) is 4.89. The summed E-state index contributed by atoms with van der Waals surface area (Å²) in [5.41, 5.74) is 2.81. The highest BCUT2D eigenvalue weighted by atomic mass is 16.5. The molecular weight excluding hydrogens is 352 g/mol. The third-order valence-electron chi connectivity index (χ3n) is 4.65. The Labute approximate surface area is 168 Å². The minimum atomic E-state index is -0.248. The largest absolute Gasteiger partial charge is 0.496 e. The molecular formula is C23H32N2O3. The van der Waals surface area contributed by atoms with Gasteiger partial charge in [0.2, 0.25) is 0 Å². The first-order chi connectivity index (χ1) is 13.5. The summed E-state index contributed by atoms with van der Waals surface area (Å²) >= 11 is 0. The van der Waals surface area contributed by atoms with Crippen LogP contribution in [0, 0.1) is 5.92 Å². The molecule has 0 saturated carbocycles. The minimum Gasteiger partial charge on any atom is -0.496 e. The molecule has 0 unspecified atom stereocenters. The van der Waals surface area contributed by atoms with E-state index in [1.54, 1.807) is 14.2 Å². The molecule has 5 nitrogen and oxygen atoms in total. The maximum atomic E-state index is 12.3. The van der Waals surface area contributed by atoms with Crippen LogP contribution in [0.1, 0.15) is 44.2 Å². The van der Waals surface area contributed by atoms with Crippen molar-refractivity contribution >= 4 is 11.7 Å². The quantitative estimate of drug-likeness (QED) is 0.540. The molecule has 0 aliphatic carbocycles. The first kappa shape index (κ1) is 21.6. The topological polar surface area (TPSA) is 59.6 Å². The summed E-state index contributed by atoms with van der Waals surface area (Å²) in [6, 6.07) is 13.2. The van der Waals surface area contributed by atoms with Crippen molar-refractivity contribution in [3.8, 4) is 11.5 Å². The monoisotopic (exact) mass is 384 g/mol. The van der Waals surface area contributed by atoms with Crippen LogP contribution in [0.4, 0.5) is 10.5 Å². The van der Waals surface area contributed by atoms with Crippen molar-refractivity contribution in [1.82, 2.24) is 5.32 Å². The molecule has 0 heterocycles. The summed E-state index contributed by atoms with van der Waals surface area (Å²) in [4.78, 5) is 12.3. The van der Waals surface area contributed by atoms with Gasteiger partial charge < -0.3 is 20.1 Å². The average molecular weight is 385 g/mol. The number of carbonyl (C=O) groups excluding carboxylic acids is 1. The minimum absolute atomic E-state index is 0.248. The van der Waals surface area contributed by atoms with Crippen LogP contribution in [0.15, 0.2) is 42.5 Å². The molecule has 2 amide bonds. The van der Waals surface area contributed by atoms with Crippen molar-refractivity contribution in [2.75, 3.05) is 19.5 Å². The summed E-state index contributed by atoms with van der Waals surface area (Å²) in [6.07, 6.45) is 4.47. The lowest BCUT2D eigenvalue weighted by Crippen LogP contribution is -2.28. The van der Waals surface area contributed by atoms with Gasteiger partial charge in [0.25, 0.3) is 0 Å². The molecule has 0 spiro atoms. The van der Waals surface area contributed by atoms with Gasteiger partial charge in [0.1, 0.15) is 11.5 Å². The van der Waals surface area contributed by atoms with E-state index in [1.165, 1.54) is 12.8 Å². The lowest BCUT2D eigenvalue weighted by Gasteiger charge is -2.13. The zero-order chi connectivity index (χ0) is 20.4. The number of nitrogens with one attached hydrogen (secondary N) is 2. The van der Waals surface area contributed by atoms with Crippen LogP contribution in [-0.4, -0.2) is 20.3 Å². The van der Waals surface area contributed by atoms with Crippen LogP contribution in [0.3, 0.4) is 0 Å².